The lowest BCUT2D eigenvalue weighted by atomic mass is 9.84. The normalized spacial score (nSPS) is 14.3. The molecule has 0 aromatic heterocycles. The molecule has 0 radical (unpaired) electrons. The summed E-state index contributed by atoms with van der Waals surface area (Å²) >= 11 is 0. The minimum absolute atomic E-state index is 0.253. The zero-order valence-corrected chi connectivity index (χ0v) is 15.8. The number of rotatable bonds is 8. The summed E-state index contributed by atoms with van der Waals surface area (Å²) in [5, 5.41) is 0. The summed E-state index contributed by atoms with van der Waals surface area (Å²) in [6.07, 6.45) is 6.90. The molecule has 0 bridgehead atoms. The molecule has 28 heavy (non-hydrogen) atoms. The van der Waals surface area contributed by atoms with Crippen molar-refractivity contribution in [2.75, 3.05) is 13.2 Å². The lowest BCUT2D eigenvalue weighted by Gasteiger charge is -2.22. The number of aldehydes is 1. The van der Waals surface area contributed by atoms with Crippen molar-refractivity contribution < 1.29 is 23.9 Å². The van der Waals surface area contributed by atoms with Gasteiger partial charge < -0.3 is 9.47 Å². The monoisotopic (exact) mass is 380 g/mol. The maximum absolute atomic E-state index is 12.2. The van der Waals surface area contributed by atoms with Gasteiger partial charge in [-0.3, -0.25) is 9.59 Å². The standard InChI is InChI=1S/C23H24O5/c24-14-20-8-4-5-9-22(20)27-16-23(26)28-15-21(25)19-12-10-18(11-13-19)17-6-2-1-3-7-17/h4-5,8-14,17H,1-3,6-7,15-16H2. The summed E-state index contributed by atoms with van der Waals surface area (Å²) < 4.78 is 10.3. The Morgan fingerprint density at radius 3 is 2.36 bits per heavy atom. The van der Waals surface area contributed by atoms with Gasteiger partial charge in [0.25, 0.3) is 0 Å². The second kappa shape index (κ2) is 9.83. The van der Waals surface area contributed by atoms with Crippen LogP contribution in [0.15, 0.2) is 48.5 Å². The summed E-state index contributed by atoms with van der Waals surface area (Å²) in [5.41, 5.74) is 2.15. The van der Waals surface area contributed by atoms with E-state index >= 15 is 0 Å². The van der Waals surface area contributed by atoms with E-state index in [1.165, 1.54) is 37.7 Å². The summed E-state index contributed by atoms with van der Waals surface area (Å²) in [6.45, 7) is -0.695. The molecule has 0 N–H and O–H groups in total. The molecule has 0 amide bonds. The van der Waals surface area contributed by atoms with Gasteiger partial charge in [-0.1, -0.05) is 55.7 Å². The predicted molar refractivity (Wildman–Crippen MR) is 105 cm³/mol. The van der Waals surface area contributed by atoms with Crippen LogP contribution in [0.2, 0.25) is 0 Å². The molecule has 146 valence electrons. The first-order chi connectivity index (χ1) is 13.7. The van der Waals surface area contributed by atoms with Gasteiger partial charge in [0.15, 0.2) is 25.3 Å². The van der Waals surface area contributed by atoms with Crippen LogP contribution in [0.1, 0.15) is 64.3 Å². The van der Waals surface area contributed by atoms with E-state index in [0.29, 0.717) is 29.1 Å². The van der Waals surface area contributed by atoms with Crippen molar-refractivity contribution in [2.24, 2.45) is 0 Å². The minimum Gasteiger partial charge on any atom is -0.481 e. The maximum atomic E-state index is 12.2. The number of para-hydroxylation sites is 1. The number of hydrogen-bond acceptors (Lipinski definition) is 5. The Morgan fingerprint density at radius 2 is 1.64 bits per heavy atom. The zero-order valence-electron chi connectivity index (χ0n) is 15.8. The minimum atomic E-state index is -0.659. The molecule has 5 heteroatoms. The number of ether oxygens (including phenoxy) is 2. The van der Waals surface area contributed by atoms with E-state index in [2.05, 4.69) is 0 Å². The highest BCUT2D eigenvalue weighted by molar-refractivity contribution is 5.98. The van der Waals surface area contributed by atoms with E-state index in [1.54, 1.807) is 36.4 Å². The molecule has 0 aliphatic heterocycles. The Labute approximate surface area is 164 Å². The fourth-order valence-electron chi connectivity index (χ4n) is 3.49. The summed E-state index contributed by atoms with van der Waals surface area (Å²) in [7, 11) is 0. The molecule has 0 spiro atoms. The van der Waals surface area contributed by atoms with Gasteiger partial charge in [-0.2, -0.15) is 0 Å². The van der Waals surface area contributed by atoms with Gasteiger partial charge in [0, 0.05) is 5.56 Å². The molecular weight excluding hydrogens is 356 g/mol. The van der Waals surface area contributed by atoms with Crippen LogP contribution >= 0.6 is 0 Å². The van der Waals surface area contributed by atoms with Crippen molar-refractivity contribution in [3.05, 3.63) is 65.2 Å². The molecule has 2 aromatic carbocycles. The van der Waals surface area contributed by atoms with Crippen molar-refractivity contribution in [1.29, 1.82) is 0 Å². The van der Waals surface area contributed by atoms with E-state index in [0.717, 1.165) is 0 Å². The molecule has 1 saturated carbocycles. The molecule has 0 heterocycles. The van der Waals surface area contributed by atoms with Crippen molar-refractivity contribution >= 4 is 18.0 Å². The molecular formula is C23H24O5. The Morgan fingerprint density at radius 1 is 0.929 bits per heavy atom. The third kappa shape index (κ3) is 5.28. The maximum Gasteiger partial charge on any atom is 0.344 e. The number of Topliss-reactive ketones (excluding diaryl/α,β-unsaturated/α-hetero) is 1. The molecule has 0 saturated heterocycles. The van der Waals surface area contributed by atoms with Gasteiger partial charge in [-0.15, -0.1) is 0 Å². The molecule has 0 unspecified atom stereocenters. The quantitative estimate of drug-likeness (QED) is 0.387. The van der Waals surface area contributed by atoms with Crippen LogP contribution in [0.4, 0.5) is 0 Å². The number of carbonyl (C=O) groups excluding carboxylic acids is 3. The van der Waals surface area contributed by atoms with Crippen LogP contribution in [0, 0.1) is 0 Å². The van der Waals surface area contributed by atoms with Gasteiger partial charge in [0.05, 0.1) is 5.56 Å². The number of esters is 1. The van der Waals surface area contributed by atoms with Crippen LogP contribution in [0.5, 0.6) is 5.75 Å². The van der Waals surface area contributed by atoms with Crippen molar-refractivity contribution in [1.82, 2.24) is 0 Å². The fourth-order valence-corrected chi connectivity index (χ4v) is 3.49. The molecule has 3 rings (SSSR count). The molecule has 2 aromatic rings. The molecule has 5 nitrogen and oxygen atoms in total. The van der Waals surface area contributed by atoms with Gasteiger partial charge in [0.2, 0.25) is 0 Å². The lowest BCUT2D eigenvalue weighted by Crippen LogP contribution is -2.19. The summed E-state index contributed by atoms with van der Waals surface area (Å²) in [4.78, 5) is 35.0. The fraction of sp³-hybridized carbons (Fsp3) is 0.348. The number of hydrogen-bond donors (Lipinski definition) is 0. The number of benzene rings is 2. The Hall–Kier alpha value is -2.95. The average molecular weight is 380 g/mol. The van der Waals surface area contributed by atoms with E-state index in [1.807, 2.05) is 12.1 Å². The zero-order chi connectivity index (χ0) is 19.8. The summed E-state index contributed by atoms with van der Waals surface area (Å²) in [5.74, 6) is -0.0223. The van der Waals surface area contributed by atoms with E-state index in [-0.39, 0.29) is 19.0 Å². The van der Waals surface area contributed by atoms with Gasteiger partial charge >= 0.3 is 5.97 Å². The van der Waals surface area contributed by atoms with Crippen molar-refractivity contribution in [3.8, 4) is 5.75 Å². The second-order valence-corrected chi connectivity index (χ2v) is 6.99. The van der Waals surface area contributed by atoms with Gasteiger partial charge in [0.1, 0.15) is 5.75 Å². The largest absolute Gasteiger partial charge is 0.481 e. The molecule has 1 aliphatic rings. The smallest absolute Gasteiger partial charge is 0.344 e. The van der Waals surface area contributed by atoms with Crippen LogP contribution < -0.4 is 4.74 Å². The highest BCUT2D eigenvalue weighted by atomic mass is 16.6. The Bertz CT molecular complexity index is 819. The SMILES string of the molecule is O=Cc1ccccc1OCC(=O)OCC(=O)c1ccc(C2CCCCC2)cc1. The Balaban J connectivity index is 1.46. The van der Waals surface area contributed by atoms with Crippen LogP contribution in [-0.2, 0) is 9.53 Å². The van der Waals surface area contributed by atoms with Crippen molar-refractivity contribution in [2.45, 2.75) is 38.0 Å². The van der Waals surface area contributed by atoms with Crippen LogP contribution in [-0.4, -0.2) is 31.3 Å². The summed E-state index contributed by atoms with van der Waals surface area (Å²) in [6, 6.07) is 14.2. The van der Waals surface area contributed by atoms with Crippen molar-refractivity contribution in [3.63, 3.8) is 0 Å². The first kappa shape index (κ1) is 19.8. The molecule has 1 aliphatic carbocycles. The first-order valence-electron chi connectivity index (χ1n) is 9.63. The number of carbonyl (C=O) groups is 3. The second-order valence-electron chi connectivity index (χ2n) is 6.99. The van der Waals surface area contributed by atoms with Gasteiger partial charge in [-0.05, 0) is 36.5 Å². The van der Waals surface area contributed by atoms with Gasteiger partial charge in [-0.25, -0.2) is 4.79 Å². The molecule has 0 atom stereocenters. The van der Waals surface area contributed by atoms with E-state index < -0.39 is 5.97 Å². The topological polar surface area (TPSA) is 69.7 Å². The predicted octanol–water partition coefficient (Wildman–Crippen LogP) is 4.35. The highest BCUT2D eigenvalue weighted by Gasteiger charge is 2.16. The van der Waals surface area contributed by atoms with Crippen LogP contribution in [0.25, 0.3) is 0 Å². The average Bonchev–Trinajstić information content (AvgIpc) is 2.77. The highest BCUT2D eigenvalue weighted by Crippen LogP contribution is 2.32. The van der Waals surface area contributed by atoms with E-state index in [4.69, 9.17) is 9.47 Å². The lowest BCUT2D eigenvalue weighted by molar-refractivity contribution is -0.144. The Kier molecular flexibility index (Phi) is 6.95. The van der Waals surface area contributed by atoms with Crippen LogP contribution in [0.3, 0.4) is 0 Å². The molecule has 1 fully saturated rings. The third-order valence-electron chi connectivity index (χ3n) is 5.06. The van der Waals surface area contributed by atoms with E-state index in [9.17, 15) is 14.4 Å². The number of ketones is 1. The third-order valence-corrected chi connectivity index (χ3v) is 5.06. The first-order valence-corrected chi connectivity index (χ1v) is 9.63.